The lowest BCUT2D eigenvalue weighted by atomic mass is 10.00. The van der Waals surface area contributed by atoms with Gasteiger partial charge in [-0.15, -0.1) is 11.3 Å². The fraction of sp³-hybridized carbons (Fsp3) is 0.353. The lowest BCUT2D eigenvalue weighted by molar-refractivity contribution is 0.200. The molecule has 1 fully saturated rings. The molecule has 1 aliphatic heterocycles. The molecule has 2 amide bonds. The number of carbonyl (C=O) groups excluding carboxylic acids is 1. The van der Waals surface area contributed by atoms with E-state index in [2.05, 4.69) is 5.32 Å². The smallest absolute Gasteiger partial charge is 0.318 e. The minimum atomic E-state index is -3.00. The molecule has 1 N–H and O–H groups in total. The molecule has 2 heterocycles. The molecule has 5 nitrogen and oxygen atoms in total. The molecule has 1 atom stereocenters. The van der Waals surface area contributed by atoms with Gasteiger partial charge in [-0.25, -0.2) is 13.2 Å². The number of urea groups is 1. The van der Waals surface area contributed by atoms with E-state index in [9.17, 15) is 13.2 Å². The molecule has 3 rings (SSSR count). The van der Waals surface area contributed by atoms with Gasteiger partial charge in [0, 0.05) is 18.0 Å². The van der Waals surface area contributed by atoms with Gasteiger partial charge < -0.3 is 10.2 Å². The topological polar surface area (TPSA) is 66.5 Å². The Morgan fingerprint density at radius 2 is 1.88 bits per heavy atom. The summed E-state index contributed by atoms with van der Waals surface area (Å²) in [7, 11) is -3.00. The number of carbonyl (C=O) groups is 1. The van der Waals surface area contributed by atoms with Crippen LogP contribution >= 0.6 is 11.3 Å². The van der Waals surface area contributed by atoms with Crippen LogP contribution in [0.15, 0.2) is 41.8 Å². The van der Waals surface area contributed by atoms with Crippen molar-refractivity contribution in [3.8, 4) is 0 Å². The third kappa shape index (κ3) is 3.79. The van der Waals surface area contributed by atoms with Crippen molar-refractivity contribution < 1.29 is 13.2 Å². The van der Waals surface area contributed by atoms with Gasteiger partial charge in [0.1, 0.15) is 0 Å². The summed E-state index contributed by atoms with van der Waals surface area (Å²) in [6, 6.07) is 11.5. The Morgan fingerprint density at radius 3 is 2.50 bits per heavy atom. The largest absolute Gasteiger partial charge is 0.326 e. The standard InChI is InChI=1S/C17H20N2O3S2/c1-13-5-2-3-6-14(13)16(15-7-4-10-23-15)18-17(20)19-8-11-24(21,22)12-9-19/h2-7,10,16H,8-9,11-12H2,1H3,(H,18,20)/t16-/m1/s1. The fourth-order valence-corrected chi connectivity index (χ4v) is 4.79. The molecule has 0 saturated carbocycles. The van der Waals surface area contributed by atoms with Gasteiger partial charge in [-0.3, -0.25) is 0 Å². The quantitative estimate of drug-likeness (QED) is 0.910. The van der Waals surface area contributed by atoms with E-state index in [0.717, 1.165) is 16.0 Å². The zero-order valence-corrected chi connectivity index (χ0v) is 15.1. The van der Waals surface area contributed by atoms with Gasteiger partial charge in [-0.05, 0) is 29.5 Å². The first kappa shape index (κ1) is 17.0. The minimum absolute atomic E-state index is 0.0362. The molecule has 128 valence electrons. The van der Waals surface area contributed by atoms with Crippen LogP contribution in [0.1, 0.15) is 22.0 Å². The number of hydrogen-bond acceptors (Lipinski definition) is 4. The predicted molar refractivity (Wildman–Crippen MR) is 96.1 cm³/mol. The van der Waals surface area contributed by atoms with Crippen LogP contribution in [0.4, 0.5) is 4.79 Å². The van der Waals surface area contributed by atoms with Crippen LogP contribution in [0.3, 0.4) is 0 Å². The van der Waals surface area contributed by atoms with Crippen molar-refractivity contribution in [2.24, 2.45) is 0 Å². The molecule has 0 spiro atoms. The summed E-state index contributed by atoms with van der Waals surface area (Å²) in [5.41, 5.74) is 2.16. The van der Waals surface area contributed by atoms with Gasteiger partial charge in [0.2, 0.25) is 0 Å². The van der Waals surface area contributed by atoms with Crippen LogP contribution in [0, 0.1) is 6.92 Å². The van der Waals surface area contributed by atoms with E-state index in [1.165, 1.54) is 0 Å². The first-order valence-corrected chi connectivity index (χ1v) is 10.5. The average molecular weight is 364 g/mol. The van der Waals surface area contributed by atoms with Crippen molar-refractivity contribution in [2.75, 3.05) is 24.6 Å². The summed E-state index contributed by atoms with van der Waals surface area (Å²) in [6.45, 7) is 2.52. The number of benzene rings is 1. The van der Waals surface area contributed by atoms with Crippen LogP contribution in [0.2, 0.25) is 0 Å². The third-order valence-corrected chi connectivity index (χ3v) is 6.77. The van der Waals surface area contributed by atoms with Crippen LogP contribution in [-0.2, 0) is 9.84 Å². The van der Waals surface area contributed by atoms with E-state index >= 15 is 0 Å². The van der Waals surface area contributed by atoms with Gasteiger partial charge in [-0.1, -0.05) is 30.3 Å². The Bertz CT molecular complexity index is 802. The monoisotopic (exact) mass is 364 g/mol. The Kier molecular flexibility index (Phi) is 4.91. The Hall–Kier alpha value is -1.86. The number of nitrogens with one attached hydrogen (secondary N) is 1. The summed E-state index contributed by atoms with van der Waals surface area (Å²) in [6.07, 6.45) is 0. The maximum atomic E-state index is 12.6. The SMILES string of the molecule is Cc1ccccc1[C@@H](NC(=O)N1CCS(=O)(=O)CC1)c1cccs1. The number of nitrogens with zero attached hydrogens (tertiary/aromatic N) is 1. The fourth-order valence-electron chi connectivity index (χ4n) is 2.80. The highest BCUT2D eigenvalue weighted by Crippen LogP contribution is 2.28. The molecule has 0 unspecified atom stereocenters. The zero-order valence-electron chi connectivity index (χ0n) is 13.4. The van der Waals surface area contributed by atoms with E-state index in [-0.39, 0.29) is 36.7 Å². The van der Waals surface area contributed by atoms with Gasteiger partial charge >= 0.3 is 6.03 Å². The van der Waals surface area contributed by atoms with Gasteiger partial charge in [0.25, 0.3) is 0 Å². The highest BCUT2D eigenvalue weighted by atomic mass is 32.2. The molecule has 0 radical (unpaired) electrons. The summed E-state index contributed by atoms with van der Waals surface area (Å²) in [5.74, 6) is 0.0723. The molecule has 1 aromatic heterocycles. The van der Waals surface area contributed by atoms with E-state index in [1.54, 1.807) is 16.2 Å². The van der Waals surface area contributed by atoms with Crippen molar-refractivity contribution in [2.45, 2.75) is 13.0 Å². The second kappa shape index (κ2) is 6.94. The predicted octanol–water partition coefficient (Wildman–Crippen LogP) is 2.59. The first-order chi connectivity index (χ1) is 11.5. The zero-order chi connectivity index (χ0) is 17.2. The summed E-state index contributed by atoms with van der Waals surface area (Å²) < 4.78 is 23.1. The van der Waals surface area contributed by atoms with Crippen LogP contribution < -0.4 is 5.32 Å². The number of amides is 2. The van der Waals surface area contributed by atoms with Crippen LogP contribution in [0.25, 0.3) is 0 Å². The van der Waals surface area contributed by atoms with Crippen LogP contribution in [-0.4, -0.2) is 43.9 Å². The third-order valence-electron chi connectivity index (χ3n) is 4.23. The van der Waals surface area contributed by atoms with E-state index in [4.69, 9.17) is 0 Å². The number of sulfone groups is 1. The molecule has 1 aliphatic rings. The molecule has 1 saturated heterocycles. The lowest BCUT2D eigenvalue weighted by Crippen LogP contribution is -2.49. The number of rotatable bonds is 3. The molecular formula is C17H20N2O3S2. The van der Waals surface area contributed by atoms with Crippen molar-refractivity contribution in [3.63, 3.8) is 0 Å². The highest BCUT2D eigenvalue weighted by Gasteiger charge is 2.27. The normalized spacial score (nSPS) is 18.1. The maximum Gasteiger partial charge on any atom is 0.318 e. The van der Waals surface area contributed by atoms with Gasteiger partial charge in [0.05, 0.1) is 17.5 Å². The summed E-state index contributed by atoms with van der Waals surface area (Å²) in [5, 5.41) is 5.06. The average Bonchev–Trinajstić information content (AvgIpc) is 3.07. The van der Waals surface area contributed by atoms with Crippen molar-refractivity contribution in [1.82, 2.24) is 10.2 Å². The number of aryl methyl sites for hydroxylation is 1. The van der Waals surface area contributed by atoms with Gasteiger partial charge in [-0.2, -0.15) is 0 Å². The van der Waals surface area contributed by atoms with E-state index in [1.807, 2.05) is 48.7 Å². The molecular weight excluding hydrogens is 344 g/mol. The van der Waals surface area contributed by atoms with Gasteiger partial charge in [0.15, 0.2) is 9.84 Å². The molecule has 1 aromatic carbocycles. The first-order valence-electron chi connectivity index (χ1n) is 7.81. The number of thiophene rings is 1. The van der Waals surface area contributed by atoms with E-state index in [0.29, 0.717) is 0 Å². The number of hydrogen-bond donors (Lipinski definition) is 1. The van der Waals surface area contributed by atoms with Crippen molar-refractivity contribution >= 4 is 27.2 Å². The molecule has 24 heavy (non-hydrogen) atoms. The van der Waals surface area contributed by atoms with Crippen molar-refractivity contribution in [3.05, 3.63) is 57.8 Å². The molecule has 0 aliphatic carbocycles. The Labute approximate surface area is 146 Å². The van der Waals surface area contributed by atoms with Crippen molar-refractivity contribution in [1.29, 1.82) is 0 Å². The van der Waals surface area contributed by atoms with E-state index < -0.39 is 9.84 Å². The molecule has 7 heteroatoms. The lowest BCUT2D eigenvalue weighted by Gasteiger charge is -2.29. The highest BCUT2D eigenvalue weighted by molar-refractivity contribution is 7.91. The van der Waals surface area contributed by atoms with Crippen LogP contribution in [0.5, 0.6) is 0 Å². The Balaban J connectivity index is 1.80. The Morgan fingerprint density at radius 1 is 1.17 bits per heavy atom. The summed E-state index contributed by atoms with van der Waals surface area (Å²) >= 11 is 1.59. The second-order valence-corrected chi connectivity index (χ2v) is 9.18. The molecule has 0 bridgehead atoms. The second-order valence-electron chi connectivity index (χ2n) is 5.89. The maximum absolute atomic E-state index is 12.6. The summed E-state index contributed by atoms with van der Waals surface area (Å²) in [4.78, 5) is 15.3. The minimum Gasteiger partial charge on any atom is -0.326 e. The molecule has 2 aromatic rings.